The molecular formula is C77H93Cl4N9O3. The summed E-state index contributed by atoms with van der Waals surface area (Å²) in [6.07, 6.45) is 36.1. The van der Waals surface area contributed by atoms with E-state index in [2.05, 4.69) is 66.4 Å². The fourth-order valence-electron chi connectivity index (χ4n) is 15.8. The molecule has 16 heteroatoms. The van der Waals surface area contributed by atoms with E-state index in [4.69, 9.17) is 61.7 Å². The molecule has 3 amide bonds. The summed E-state index contributed by atoms with van der Waals surface area (Å²) in [7, 11) is 0. The van der Waals surface area contributed by atoms with E-state index in [1.807, 2.05) is 60.7 Å². The van der Waals surface area contributed by atoms with Crippen LogP contribution in [0.5, 0.6) is 0 Å². The lowest BCUT2D eigenvalue weighted by Crippen LogP contribution is -2.40. The molecule has 3 atom stereocenters. The summed E-state index contributed by atoms with van der Waals surface area (Å²) in [5.74, 6) is 1.16. The van der Waals surface area contributed by atoms with Gasteiger partial charge in [-0.3, -0.25) is 28.4 Å². The summed E-state index contributed by atoms with van der Waals surface area (Å²) >= 11 is 25.0. The van der Waals surface area contributed by atoms with Gasteiger partial charge in [0.2, 0.25) is 0 Å². The van der Waals surface area contributed by atoms with Crippen molar-refractivity contribution in [3.05, 3.63) is 190 Å². The molecule has 0 bridgehead atoms. The van der Waals surface area contributed by atoms with E-state index in [1.165, 1.54) is 128 Å². The highest BCUT2D eigenvalue weighted by molar-refractivity contribution is 6.31. The van der Waals surface area contributed by atoms with Gasteiger partial charge in [0.05, 0.1) is 18.6 Å². The highest BCUT2D eigenvalue weighted by Gasteiger charge is 2.38. The molecule has 492 valence electrons. The molecule has 5 saturated carbocycles. The Labute approximate surface area is 570 Å². The average molecular weight is 1330 g/mol. The molecule has 12 nitrogen and oxygen atoms in total. The molecule has 3 unspecified atom stereocenters. The minimum atomic E-state index is -0.0158. The molecule has 7 aromatic rings. The van der Waals surface area contributed by atoms with Gasteiger partial charge in [-0.1, -0.05) is 159 Å². The quantitative estimate of drug-likeness (QED) is 0.0823. The highest BCUT2D eigenvalue weighted by atomic mass is 35.5. The molecule has 15 rings (SSSR count). The van der Waals surface area contributed by atoms with Gasteiger partial charge >= 0.3 is 0 Å². The molecule has 0 aliphatic heterocycles. The summed E-state index contributed by atoms with van der Waals surface area (Å²) < 4.78 is 6.68. The first-order valence-corrected chi connectivity index (χ1v) is 37.2. The van der Waals surface area contributed by atoms with Crippen molar-refractivity contribution in [2.24, 2.45) is 0 Å². The SMILES string of the molecule is O=C(NC1CC1)c1nn(C2CCCCC2)c2c1CCCCC2Cc1cccc(Cl)c1.O=C(NC1CC1)c1nn(C2CCCCC2)c2c1CCCCC2Cc1ccccc1Cl.O=C(NC1CCC1)c1nn(Cc2ccc(Cl)cc2)c2c1CCCCC2Cc1ccc(Cl)cc1. The zero-order valence-electron chi connectivity index (χ0n) is 54.1. The molecule has 5 fully saturated rings. The fourth-order valence-corrected chi connectivity index (χ4v) is 16.5. The number of hydrogen-bond acceptors (Lipinski definition) is 6. The predicted molar refractivity (Wildman–Crippen MR) is 374 cm³/mol. The van der Waals surface area contributed by atoms with E-state index in [0.29, 0.717) is 71.6 Å². The first-order chi connectivity index (χ1) is 45.5. The molecule has 8 aliphatic carbocycles. The van der Waals surface area contributed by atoms with Crippen molar-refractivity contribution in [2.75, 3.05) is 0 Å². The molecule has 4 aromatic carbocycles. The smallest absolute Gasteiger partial charge is 0.272 e. The second-order valence-electron chi connectivity index (χ2n) is 28.3. The Morgan fingerprint density at radius 1 is 0.387 bits per heavy atom. The molecule has 8 aliphatic rings. The number of rotatable bonds is 16. The van der Waals surface area contributed by atoms with Crippen LogP contribution in [0.4, 0.5) is 0 Å². The van der Waals surface area contributed by atoms with E-state index in [-0.39, 0.29) is 17.7 Å². The van der Waals surface area contributed by atoms with Gasteiger partial charge in [-0.15, -0.1) is 0 Å². The van der Waals surface area contributed by atoms with Gasteiger partial charge in [-0.05, 0) is 212 Å². The second kappa shape index (κ2) is 30.9. The van der Waals surface area contributed by atoms with Gasteiger partial charge in [0, 0.05) is 89.7 Å². The Morgan fingerprint density at radius 3 is 1.31 bits per heavy atom. The van der Waals surface area contributed by atoms with Crippen LogP contribution in [0, 0.1) is 0 Å². The molecular weight excluding hydrogens is 1240 g/mol. The lowest BCUT2D eigenvalue weighted by molar-refractivity contribution is 0.0907. The zero-order chi connectivity index (χ0) is 63.8. The van der Waals surface area contributed by atoms with Crippen molar-refractivity contribution in [1.29, 1.82) is 0 Å². The van der Waals surface area contributed by atoms with Crippen LogP contribution in [0.2, 0.25) is 20.1 Å². The van der Waals surface area contributed by atoms with E-state index in [9.17, 15) is 14.4 Å². The summed E-state index contributed by atoms with van der Waals surface area (Å²) in [4.78, 5) is 39.4. The first kappa shape index (κ1) is 65.7. The van der Waals surface area contributed by atoms with Gasteiger partial charge in [-0.25, -0.2) is 0 Å². The largest absolute Gasteiger partial charge is 0.348 e. The number of fused-ring (bicyclic) bond motifs is 3. The third-order valence-corrected chi connectivity index (χ3v) is 22.3. The van der Waals surface area contributed by atoms with Crippen molar-refractivity contribution in [3.8, 4) is 0 Å². The summed E-state index contributed by atoms with van der Waals surface area (Å²) in [6, 6.07) is 34.4. The molecule has 0 saturated heterocycles. The van der Waals surface area contributed by atoms with Crippen molar-refractivity contribution in [3.63, 3.8) is 0 Å². The van der Waals surface area contributed by atoms with Crippen molar-refractivity contribution in [2.45, 2.75) is 260 Å². The van der Waals surface area contributed by atoms with Crippen LogP contribution < -0.4 is 16.0 Å². The lowest BCUT2D eigenvalue weighted by Gasteiger charge is -2.27. The fraction of sp³-hybridized carbons (Fsp3) is 0.532. The molecule has 0 radical (unpaired) electrons. The Kier molecular flexibility index (Phi) is 21.8. The maximum Gasteiger partial charge on any atom is 0.272 e. The lowest BCUT2D eigenvalue weighted by atomic mass is 9.89. The van der Waals surface area contributed by atoms with Gasteiger partial charge < -0.3 is 16.0 Å². The monoisotopic (exact) mass is 1330 g/mol. The van der Waals surface area contributed by atoms with Gasteiger partial charge in [-0.2, -0.15) is 15.3 Å². The standard InChI is InChI=1S/C27H29Cl2N3O.2C25H32ClN3O/c28-21-12-8-18(9-13-21)16-20-4-1-2-7-24-25(27(33)30-23-5-3-6-23)31-32(26(20)24)17-19-10-14-22(29)15-11-19;26-22-13-7-5-8-17(22)16-18-9-4-6-12-21-23(25(30)27-19-14-15-19)28-29(24(18)21)20-10-2-1-3-11-20;26-19-9-6-7-17(16-19)15-18-8-4-5-12-22-23(25(30)27-20-13-14-20)28-29(24(18)22)21-10-2-1-3-11-21/h8-15,20,23H,1-7,16-17H2,(H,30,33);5,7-8,13,18-20H,1-4,6,9-12,14-16H2,(H,27,30);6-7,9,16,18,20-21H,1-5,8,10-15H2,(H,27,30). The predicted octanol–water partition coefficient (Wildman–Crippen LogP) is 18.5. The number of nitrogens with one attached hydrogen (secondary N) is 3. The summed E-state index contributed by atoms with van der Waals surface area (Å²) in [5, 5.41) is 27.7. The summed E-state index contributed by atoms with van der Waals surface area (Å²) in [5.41, 5.74) is 14.4. The van der Waals surface area contributed by atoms with Crippen molar-refractivity contribution >= 4 is 64.1 Å². The topological polar surface area (TPSA) is 141 Å². The highest BCUT2D eigenvalue weighted by Crippen LogP contribution is 2.43. The summed E-state index contributed by atoms with van der Waals surface area (Å²) in [6.45, 7) is 0.632. The minimum Gasteiger partial charge on any atom is -0.348 e. The Morgan fingerprint density at radius 2 is 0.828 bits per heavy atom. The van der Waals surface area contributed by atoms with Crippen molar-refractivity contribution in [1.82, 2.24) is 45.3 Å². The normalized spacial score (nSPS) is 20.9. The van der Waals surface area contributed by atoms with Crippen LogP contribution >= 0.6 is 46.4 Å². The maximum atomic E-state index is 13.2. The number of nitrogens with zero attached hydrogens (tertiary/aromatic N) is 6. The zero-order valence-corrected chi connectivity index (χ0v) is 57.1. The second-order valence-corrected chi connectivity index (χ2v) is 30.0. The average Bonchev–Trinajstić information content (AvgIpc) is 1.65. The first-order valence-electron chi connectivity index (χ1n) is 35.7. The molecule has 3 N–H and O–H groups in total. The number of benzene rings is 4. The van der Waals surface area contributed by atoms with Crippen LogP contribution in [-0.2, 0) is 45.1 Å². The molecule has 3 aromatic heterocycles. The minimum absolute atomic E-state index is 0.0158. The molecule has 0 spiro atoms. The Bertz CT molecular complexity index is 3700. The van der Waals surface area contributed by atoms with Crippen LogP contribution in [0.15, 0.2) is 97.1 Å². The Hall–Kier alpha value is -5.92. The third kappa shape index (κ3) is 16.5. The van der Waals surface area contributed by atoms with Crippen LogP contribution in [0.3, 0.4) is 0 Å². The maximum absolute atomic E-state index is 13.2. The van der Waals surface area contributed by atoms with E-state index >= 15 is 0 Å². The molecule has 93 heavy (non-hydrogen) atoms. The number of amides is 3. The Balaban J connectivity index is 0.000000127. The van der Waals surface area contributed by atoms with Crippen LogP contribution in [0.25, 0.3) is 0 Å². The van der Waals surface area contributed by atoms with Crippen LogP contribution in [-0.4, -0.2) is 65.2 Å². The van der Waals surface area contributed by atoms with Gasteiger partial charge in [0.15, 0.2) is 17.1 Å². The van der Waals surface area contributed by atoms with Crippen molar-refractivity contribution < 1.29 is 14.4 Å². The number of carbonyl (C=O) groups excluding carboxylic acids is 3. The van der Waals surface area contributed by atoms with Crippen LogP contribution in [0.1, 0.15) is 284 Å². The van der Waals surface area contributed by atoms with E-state index < -0.39 is 0 Å². The van der Waals surface area contributed by atoms with Gasteiger partial charge in [0.25, 0.3) is 17.7 Å². The third-order valence-electron chi connectivity index (χ3n) is 21.2. The van der Waals surface area contributed by atoms with E-state index in [1.54, 1.807) is 0 Å². The van der Waals surface area contributed by atoms with E-state index in [0.717, 1.165) is 153 Å². The van der Waals surface area contributed by atoms with Gasteiger partial charge in [0.1, 0.15) is 0 Å². The number of aromatic nitrogens is 6. The number of carbonyl (C=O) groups is 3. The number of hydrogen-bond donors (Lipinski definition) is 3. The number of halogens is 4. The molecule has 3 heterocycles.